The van der Waals surface area contributed by atoms with Crippen molar-refractivity contribution in [3.05, 3.63) is 41.5 Å². The molecule has 0 unspecified atom stereocenters. The molecule has 1 saturated heterocycles. The number of rotatable bonds is 9. The number of imide groups is 1. The Morgan fingerprint density at radius 1 is 0.839 bits per heavy atom. The number of unbranched alkanes of at least 4 members (excludes halogenated alkanes) is 4. The maximum Gasteiger partial charge on any atom is 0.261 e. The van der Waals surface area contributed by atoms with Crippen molar-refractivity contribution in [2.24, 2.45) is 5.73 Å². The molecule has 4 rings (SSSR count). The summed E-state index contributed by atoms with van der Waals surface area (Å²) in [6.45, 7) is 8.09. The van der Waals surface area contributed by atoms with Crippen molar-refractivity contribution in [2.45, 2.75) is 39.0 Å². The lowest BCUT2D eigenvalue weighted by atomic mass is 9.92. The van der Waals surface area contributed by atoms with Crippen molar-refractivity contribution in [1.29, 1.82) is 0 Å². The summed E-state index contributed by atoms with van der Waals surface area (Å²) in [5.41, 5.74) is 8.13. The maximum absolute atomic E-state index is 13.2. The van der Waals surface area contributed by atoms with Crippen LogP contribution >= 0.6 is 0 Å². The second kappa shape index (κ2) is 9.79. The van der Waals surface area contributed by atoms with E-state index in [1.807, 2.05) is 24.3 Å². The third kappa shape index (κ3) is 4.32. The van der Waals surface area contributed by atoms with Crippen LogP contribution in [0.2, 0.25) is 0 Å². The number of carbonyl (C=O) groups is 2. The van der Waals surface area contributed by atoms with E-state index in [1.165, 1.54) is 17.7 Å². The summed E-state index contributed by atoms with van der Waals surface area (Å²) in [4.78, 5) is 32.6. The van der Waals surface area contributed by atoms with Crippen molar-refractivity contribution in [1.82, 2.24) is 9.80 Å². The fraction of sp³-hybridized carbons (Fsp3) is 0.520. The van der Waals surface area contributed by atoms with Gasteiger partial charge < -0.3 is 10.6 Å². The Morgan fingerprint density at radius 3 is 2.26 bits per heavy atom. The van der Waals surface area contributed by atoms with Gasteiger partial charge in [-0.2, -0.15) is 0 Å². The van der Waals surface area contributed by atoms with E-state index in [1.54, 1.807) is 0 Å². The van der Waals surface area contributed by atoms with Crippen LogP contribution in [-0.2, 0) is 0 Å². The molecule has 1 fully saturated rings. The highest BCUT2D eigenvalue weighted by Gasteiger charge is 2.33. The van der Waals surface area contributed by atoms with Crippen molar-refractivity contribution < 1.29 is 9.59 Å². The van der Waals surface area contributed by atoms with Crippen LogP contribution in [0, 0.1) is 0 Å². The van der Waals surface area contributed by atoms with Gasteiger partial charge >= 0.3 is 0 Å². The minimum Gasteiger partial charge on any atom is -0.368 e. The van der Waals surface area contributed by atoms with Gasteiger partial charge in [0.15, 0.2) is 0 Å². The van der Waals surface area contributed by atoms with Gasteiger partial charge in [0.05, 0.1) is 0 Å². The summed E-state index contributed by atoms with van der Waals surface area (Å²) < 4.78 is 0. The molecule has 0 bridgehead atoms. The number of hydrogen-bond acceptors (Lipinski definition) is 5. The third-order valence-electron chi connectivity index (χ3n) is 6.61. The Hall–Kier alpha value is -2.44. The lowest BCUT2D eigenvalue weighted by molar-refractivity contribution is 0.0607. The zero-order chi connectivity index (χ0) is 21.8. The smallest absolute Gasteiger partial charge is 0.261 e. The van der Waals surface area contributed by atoms with Crippen LogP contribution in [0.4, 0.5) is 5.69 Å². The second-order valence-corrected chi connectivity index (χ2v) is 8.65. The van der Waals surface area contributed by atoms with Crippen LogP contribution in [-0.4, -0.2) is 67.4 Å². The Morgan fingerprint density at radius 2 is 1.55 bits per heavy atom. The third-order valence-corrected chi connectivity index (χ3v) is 6.61. The molecular weight excluding hydrogens is 388 g/mol. The molecule has 6 heteroatoms. The van der Waals surface area contributed by atoms with Crippen LogP contribution in [0.15, 0.2) is 30.3 Å². The van der Waals surface area contributed by atoms with Crippen LogP contribution in [0.3, 0.4) is 0 Å². The van der Waals surface area contributed by atoms with Crippen LogP contribution in [0.25, 0.3) is 10.8 Å². The Bertz CT molecular complexity index is 928. The number of hydrogen-bond donors (Lipinski definition) is 1. The standard InChI is InChI=1S/C25H34N4O2/c1-2-3-4-5-6-13-29-24(30)20-9-7-8-19-22(11-10-21(23(19)20)25(29)31)28-17-15-27(14-12-26)16-18-28/h7-11H,2-6,12-18,26H2,1H3. The fourth-order valence-electron chi connectivity index (χ4n) is 4.88. The summed E-state index contributed by atoms with van der Waals surface area (Å²) in [6, 6.07) is 9.85. The van der Waals surface area contributed by atoms with Gasteiger partial charge in [-0.05, 0) is 24.6 Å². The highest BCUT2D eigenvalue weighted by molar-refractivity contribution is 6.26. The topological polar surface area (TPSA) is 69.9 Å². The highest BCUT2D eigenvalue weighted by atomic mass is 16.2. The first-order chi connectivity index (χ1) is 15.2. The molecule has 166 valence electrons. The molecule has 31 heavy (non-hydrogen) atoms. The predicted octanol–water partition coefficient (Wildman–Crippen LogP) is 3.49. The molecule has 2 aliphatic rings. The first-order valence-electron chi connectivity index (χ1n) is 11.7. The van der Waals surface area contributed by atoms with Crippen LogP contribution in [0.5, 0.6) is 0 Å². The molecule has 2 aromatic carbocycles. The average Bonchev–Trinajstić information content (AvgIpc) is 2.79. The fourth-order valence-corrected chi connectivity index (χ4v) is 4.88. The van der Waals surface area contributed by atoms with Gasteiger partial charge in [-0.1, -0.05) is 44.7 Å². The number of benzene rings is 2. The van der Waals surface area contributed by atoms with Gasteiger partial charge in [-0.25, -0.2) is 0 Å². The largest absolute Gasteiger partial charge is 0.368 e. The van der Waals surface area contributed by atoms with Crippen molar-refractivity contribution in [3.63, 3.8) is 0 Å². The monoisotopic (exact) mass is 422 g/mol. The van der Waals surface area contributed by atoms with E-state index in [4.69, 9.17) is 5.73 Å². The number of piperazine rings is 1. The Labute approximate surface area is 185 Å². The van der Waals surface area contributed by atoms with E-state index in [0.29, 0.717) is 24.2 Å². The quantitative estimate of drug-likeness (QED) is 0.495. The van der Waals surface area contributed by atoms with Gasteiger partial charge in [0.25, 0.3) is 11.8 Å². The molecule has 6 nitrogen and oxygen atoms in total. The minimum atomic E-state index is -0.150. The van der Waals surface area contributed by atoms with Crippen LogP contribution in [0.1, 0.15) is 59.7 Å². The zero-order valence-corrected chi connectivity index (χ0v) is 18.6. The van der Waals surface area contributed by atoms with Gasteiger partial charge in [-0.15, -0.1) is 0 Å². The lowest BCUT2D eigenvalue weighted by Gasteiger charge is -2.37. The summed E-state index contributed by atoms with van der Waals surface area (Å²) in [6.07, 6.45) is 5.46. The summed E-state index contributed by atoms with van der Waals surface area (Å²) in [7, 11) is 0. The van der Waals surface area contributed by atoms with E-state index in [9.17, 15) is 9.59 Å². The van der Waals surface area contributed by atoms with Crippen molar-refractivity contribution in [3.8, 4) is 0 Å². The molecule has 0 aliphatic carbocycles. The molecule has 0 aromatic heterocycles. The summed E-state index contributed by atoms with van der Waals surface area (Å²) in [5.74, 6) is -0.299. The highest BCUT2D eigenvalue weighted by Crippen LogP contribution is 2.36. The molecule has 0 radical (unpaired) electrons. The predicted molar refractivity (Wildman–Crippen MR) is 126 cm³/mol. The first kappa shape index (κ1) is 21.8. The number of nitrogens with zero attached hydrogens (tertiary/aromatic N) is 3. The molecule has 2 N–H and O–H groups in total. The van der Waals surface area contributed by atoms with Gasteiger partial charge in [-0.3, -0.25) is 19.4 Å². The van der Waals surface area contributed by atoms with Gasteiger partial charge in [0, 0.05) is 73.4 Å². The van der Waals surface area contributed by atoms with E-state index < -0.39 is 0 Å². The van der Waals surface area contributed by atoms with Crippen molar-refractivity contribution >= 4 is 28.3 Å². The van der Waals surface area contributed by atoms with Gasteiger partial charge in [0.2, 0.25) is 0 Å². The average molecular weight is 423 g/mol. The summed E-state index contributed by atoms with van der Waals surface area (Å²) >= 11 is 0. The van der Waals surface area contributed by atoms with E-state index in [2.05, 4.69) is 22.8 Å². The first-order valence-corrected chi connectivity index (χ1v) is 11.7. The number of anilines is 1. The second-order valence-electron chi connectivity index (χ2n) is 8.65. The van der Waals surface area contributed by atoms with Crippen LogP contribution < -0.4 is 10.6 Å². The van der Waals surface area contributed by atoms with E-state index >= 15 is 0 Å². The van der Waals surface area contributed by atoms with Crippen molar-refractivity contribution in [2.75, 3.05) is 50.7 Å². The number of carbonyl (C=O) groups excluding carboxylic acids is 2. The summed E-state index contributed by atoms with van der Waals surface area (Å²) in [5, 5.41) is 1.83. The molecule has 0 spiro atoms. The number of amides is 2. The molecule has 2 heterocycles. The molecular formula is C25H34N4O2. The van der Waals surface area contributed by atoms with E-state index in [-0.39, 0.29) is 11.8 Å². The molecule has 2 aliphatic heterocycles. The number of nitrogens with two attached hydrogens (primary N) is 1. The molecule has 0 saturated carbocycles. The Kier molecular flexibility index (Phi) is 6.88. The minimum absolute atomic E-state index is 0.150. The molecule has 2 aromatic rings. The van der Waals surface area contributed by atoms with Gasteiger partial charge in [0.1, 0.15) is 0 Å². The zero-order valence-electron chi connectivity index (χ0n) is 18.6. The molecule has 0 atom stereocenters. The lowest BCUT2D eigenvalue weighted by Crippen LogP contribution is -2.48. The SMILES string of the molecule is CCCCCCCN1C(=O)c2cccc3c(N4CCN(CCN)CC4)ccc(c23)C1=O. The van der Waals surface area contributed by atoms with E-state index in [0.717, 1.165) is 68.4 Å². The molecule has 2 amide bonds. The normalized spacial score (nSPS) is 17.1. The Balaban J connectivity index is 1.58. The maximum atomic E-state index is 13.2.